The number of ketones is 1. The van der Waals surface area contributed by atoms with E-state index in [0.29, 0.717) is 45.6 Å². The van der Waals surface area contributed by atoms with Gasteiger partial charge in [-0.15, -0.1) is 0 Å². The maximum Gasteiger partial charge on any atom is 0.305 e. The standard InChI is InChI=1S/C16H23N3O4/c1-2-22-14(21)4-3-7-23-12-8-11-9-18-15-13(20)5-6-17-16(15)19(11)10-12/h8,10,15-18H,2-7,9H2,1H3. The lowest BCUT2D eigenvalue weighted by Gasteiger charge is -2.37. The maximum atomic E-state index is 12.0. The zero-order chi connectivity index (χ0) is 16.2. The van der Waals surface area contributed by atoms with Gasteiger partial charge in [0.1, 0.15) is 18.0 Å². The Balaban J connectivity index is 1.55. The molecule has 0 saturated carbocycles. The molecule has 1 saturated heterocycles. The summed E-state index contributed by atoms with van der Waals surface area (Å²) in [5, 5.41) is 6.67. The van der Waals surface area contributed by atoms with Crippen molar-refractivity contribution in [1.82, 2.24) is 15.2 Å². The Hall–Kier alpha value is -1.86. The number of rotatable bonds is 6. The van der Waals surface area contributed by atoms with Crippen molar-refractivity contribution in [2.45, 2.75) is 44.9 Å². The predicted octanol–water partition coefficient (Wildman–Crippen LogP) is 0.743. The molecule has 1 aromatic rings. The number of carbonyl (C=O) groups is 2. The Morgan fingerprint density at radius 3 is 3.13 bits per heavy atom. The van der Waals surface area contributed by atoms with Gasteiger partial charge in [-0.1, -0.05) is 0 Å². The second-order valence-corrected chi connectivity index (χ2v) is 5.81. The van der Waals surface area contributed by atoms with Crippen LogP contribution in [-0.2, 0) is 20.9 Å². The highest BCUT2D eigenvalue weighted by Gasteiger charge is 2.36. The van der Waals surface area contributed by atoms with Crippen LogP contribution < -0.4 is 15.4 Å². The minimum atomic E-state index is -0.191. The highest BCUT2D eigenvalue weighted by molar-refractivity contribution is 5.85. The highest BCUT2D eigenvalue weighted by atomic mass is 16.5. The number of Topliss-reactive ketones (excluding diaryl/α,β-unsaturated/α-hetero) is 1. The summed E-state index contributed by atoms with van der Waals surface area (Å²) in [6.45, 7) is 4.03. The molecular weight excluding hydrogens is 298 g/mol. The summed E-state index contributed by atoms with van der Waals surface area (Å²) in [5.41, 5.74) is 1.09. The molecular formula is C16H23N3O4. The Kier molecular flexibility index (Phi) is 4.97. The molecule has 0 spiro atoms. The van der Waals surface area contributed by atoms with E-state index >= 15 is 0 Å². The fraction of sp³-hybridized carbons (Fsp3) is 0.625. The van der Waals surface area contributed by atoms with Crippen molar-refractivity contribution in [3.8, 4) is 5.75 Å². The first-order chi connectivity index (χ1) is 11.2. The van der Waals surface area contributed by atoms with Gasteiger partial charge in [0.2, 0.25) is 0 Å². The molecule has 1 fully saturated rings. The molecule has 2 unspecified atom stereocenters. The molecule has 3 heterocycles. The van der Waals surface area contributed by atoms with E-state index in [4.69, 9.17) is 9.47 Å². The van der Waals surface area contributed by atoms with Gasteiger partial charge in [-0.2, -0.15) is 0 Å². The second kappa shape index (κ2) is 7.14. The third-order valence-electron chi connectivity index (χ3n) is 4.20. The molecule has 0 amide bonds. The number of fused-ring (bicyclic) bond motifs is 3. The van der Waals surface area contributed by atoms with Crippen LogP contribution in [0.4, 0.5) is 0 Å². The number of ether oxygens (including phenoxy) is 2. The Labute approximate surface area is 135 Å². The number of aromatic nitrogens is 1. The van der Waals surface area contributed by atoms with Crippen molar-refractivity contribution in [2.24, 2.45) is 0 Å². The van der Waals surface area contributed by atoms with Crippen molar-refractivity contribution in [2.75, 3.05) is 19.8 Å². The van der Waals surface area contributed by atoms with E-state index in [1.807, 2.05) is 12.3 Å². The molecule has 0 bridgehead atoms. The van der Waals surface area contributed by atoms with Gasteiger partial charge in [-0.05, 0) is 13.3 Å². The van der Waals surface area contributed by atoms with Crippen LogP contribution in [0.5, 0.6) is 5.75 Å². The predicted molar refractivity (Wildman–Crippen MR) is 83.1 cm³/mol. The summed E-state index contributed by atoms with van der Waals surface area (Å²) in [5.74, 6) is 0.834. The molecule has 0 aliphatic carbocycles. The quantitative estimate of drug-likeness (QED) is 0.594. The van der Waals surface area contributed by atoms with Crippen LogP contribution in [0.3, 0.4) is 0 Å². The van der Waals surface area contributed by atoms with Gasteiger partial charge in [0.25, 0.3) is 0 Å². The SMILES string of the molecule is CCOC(=O)CCCOc1cc2n(c1)C1NCCC(=O)C1NC2. The van der Waals surface area contributed by atoms with Gasteiger partial charge >= 0.3 is 5.97 Å². The van der Waals surface area contributed by atoms with Crippen LogP contribution >= 0.6 is 0 Å². The summed E-state index contributed by atoms with van der Waals surface area (Å²) in [6, 6.07) is 1.81. The van der Waals surface area contributed by atoms with Gasteiger partial charge < -0.3 is 14.0 Å². The van der Waals surface area contributed by atoms with Crippen molar-refractivity contribution >= 4 is 11.8 Å². The first-order valence-electron chi connectivity index (χ1n) is 8.17. The molecule has 0 aromatic carbocycles. The van der Waals surface area contributed by atoms with E-state index in [9.17, 15) is 9.59 Å². The zero-order valence-electron chi connectivity index (χ0n) is 13.3. The molecule has 7 heteroatoms. The fourth-order valence-electron chi connectivity index (χ4n) is 3.11. The largest absolute Gasteiger partial charge is 0.492 e. The second-order valence-electron chi connectivity index (χ2n) is 5.81. The molecule has 7 nitrogen and oxygen atoms in total. The maximum absolute atomic E-state index is 12.0. The van der Waals surface area contributed by atoms with Crippen molar-refractivity contribution in [3.05, 3.63) is 18.0 Å². The van der Waals surface area contributed by atoms with E-state index in [1.54, 1.807) is 6.92 Å². The summed E-state index contributed by atoms with van der Waals surface area (Å²) < 4.78 is 12.7. The van der Waals surface area contributed by atoms with Crippen LogP contribution in [0.15, 0.2) is 12.3 Å². The van der Waals surface area contributed by atoms with Gasteiger partial charge in [-0.3, -0.25) is 20.2 Å². The van der Waals surface area contributed by atoms with Crippen molar-refractivity contribution < 1.29 is 19.1 Å². The molecule has 126 valence electrons. The molecule has 2 aliphatic heterocycles. The number of esters is 1. The normalized spacial score (nSPS) is 23.1. The lowest BCUT2D eigenvalue weighted by molar-refractivity contribution is -0.143. The third kappa shape index (κ3) is 3.56. The summed E-state index contributed by atoms with van der Waals surface area (Å²) in [6.07, 6.45) is 3.45. The van der Waals surface area contributed by atoms with Gasteiger partial charge in [0, 0.05) is 43.9 Å². The molecule has 1 aromatic heterocycles. The molecule has 2 aliphatic rings. The van der Waals surface area contributed by atoms with E-state index < -0.39 is 0 Å². The summed E-state index contributed by atoms with van der Waals surface area (Å²) in [4.78, 5) is 23.3. The lowest BCUT2D eigenvalue weighted by Crippen LogP contribution is -2.56. The number of hydrogen-bond acceptors (Lipinski definition) is 6. The van der Waals surface area contributed by atoms with E-state index in [1.165, 1.54) is 0 Å². The molecule has 3 rings (SSSR count). The molecule has 0 radical (unpaired) electrons. The highest BCUT2D eigenvalue weighted by Crippen LogP contribution is 2.27. The smallest absolute Gasteiger partial charge is 0.305 e. The van der Waals surface area contributed by atoms with Crippen LogP contribution in [0.1, 0.15) is 38.0 Å². The van der Waals surface area contributed by atoms with Gasteiger partial charge in [0.05, 0.1) is 13.2 Å². The minimum Gasteiger partial charge on any atom is -0.492 e. The van der Waals surface area contributed by atoms with Crippen LogP contribution in [0, 0.1) is 0 Å². The minimum absolute atomic E-state index is 0.0446. The van der Waals surface area contributed by atoms with E-state index in [-0.39, 0.29) is 24.0 Å². The average molecular weight is 321 g/mol. The Morgan fingerprint density at radius 2 is 2.30 bits per heavy atom. The molecule has 2 atom stereocenters. The first kappa shape index (κ1) is 16.0. The molecule has 2 N–H and O–H groups in total. The van der Waals surface area contributed by atoms with E-state index in [2.05, 4.69) is 15.2 Å². The molecule has 23 heavy (non-hydrogen) atoms. The average Bonchev–Trinajstić information content (AvgIpc) is 2.95. The Bertz CT molecular complexity index is 584. The first-order valence-corrected chi connectivity index (χ1v) is 8.17. The summed E-state index contributed by atoms with van der Waals surface area (Å²) in [7, 11) is 0. The Morgan fingerprint density at radius 1 is 1.43 bits per heavy atom. The summed E-state index contributed by atoms with van der Waals surface area (Å²) >= 11 is 0. The monoisotopic (exact) mass is 321 g/mol. The number of piperidine rings is 1. The van der Waals surface area contributed by atoms with Gasteiger partial charge in [0.15, 0.2) is 5.78 Å². The van der Waals surface area contributed by atoms with Crippen LogP contribution in [0.2, 0.25) is 0 Å². The zero-order valence-corrected chi connectivity index (χ0v) is 13.3. The number of nitrogens with one attached hydrogen (secondary N) is 2. The lowest BCUT2D eigenvalue weighted by atomic mass is 10.0. The van der Waals surface area contributed by atoms with Crippen molar-refractivity contribution in [3.63, 3.8) is 0 Å². The van der Waals surface area contributed by atoms with Crippen LogP contribution in [0.25, 0.3) is 0 Å². The third-order valence-corrected chi connectivity index (χ3v) is 4.20. The van der Waals surface area contributed by atoms with Crippen LogP contribution in [-0.4, -0.2) is 42.1 Å². The van der Waals surface area contributed by atoms with E-state index in [0.717, 1.165) is 11.4 Å². The van der Waals surface area contributed by atoms with Crippen molar-refractivity contribution in [1.29, 1.82) is 0 Å². The van der Waals surface area contributed by atoms with Gasteiger partial charge in [-0.25, -0.2) is 0 Å². The fourth-order valence-corrected chi connectivity index (χ4v) is 3.11. The number of hydrogen-bond donors (Lipinski definition) is 2. The number of nitrogens with zero attached hydrogens (tertiary/aromatic N) is 1. The number of carbonyl (C=O) groups excluding carboxylic acids is 2. The topological polar surface area (TPSA) is 81.6 Å².